The maximum atomic E-state index is 12.0. The van der Waals surface area contributed by atoms with Gasteiger partial charge >= 0.3 is 0 Å². The Morgan fingerprint density at radius 1 is 1.10 bits per heavy atom. The second kappa shape index (κ2) is 6.34. The molecule has 0 spiro atoms. The third kappa shape index (κ3) is 4.10. The zero-order valence-electron chi connectivity index (χ0n) is 10.5. The van der Waals surface area contributed by atoms with Crippen LogP contribution in [0, 0.1) is 0 Å². The highest BCUT2D eigenvalue weighted by Gasteiger charge is 2.14. The summed E-state index contributed by atoms with van der Waals surface area (Å²) < 4.78 is 24.0. The minimum Gasteiger partial charge on any atom is -0.508 e. The molecular weight excluding hydrogens is 335 g/mol. The smallest absolute Gasteiger partial charge is 0.276 e. The van der Waals surface area contributed by atoms with E-state index in [1.54, 1.807) is 12.1 Å². The lowest BCUT2D eigenvalue weighted by Gasteiger charge is -2.04. The van der Waals surface area contributed by atoms with Crippen molar-refractivity contribution in [3.05, 3.63) is 58.1 Å². The van der Waals surface area contributed by atoms with Crippen LogP contribution in [-0.4, -0.2) is 19.7 Å². The second-order valence-electron chi connectivity index (χ2n) is 4.02. The Kier molecular flexibility index (Phi) is 4.72. The third-order valence-corrected chi connectivity index (χ3v) is 4.42. The molecule has 5 nitrogen and oxygen atoms in total. The third-order valence-electron chi connectivity index (χ3n) is 2.46. The lowest BCUT2D eigenvalue weighted by atomic mass is 10.2. The molecule has 0 radical (unpaired) electrons. The van der Waals surface area contributed by atoms with Crippen molar-refractivity contribution < 1.29 is 13.5 Å². The summed E-state index contributed by atoms with van der Waals surface area (Å²) in [4.78, 5) is 2.00. The fourth-order valence-electron chi connectivity index (χ4n) is 1.47. The molecule has 0 aliphatic rings. The number of phenolic OH excluding ortho intramolecular Hbond substituents is 1. The van der Waals surface area contributed by atoms with Crippen molar-refractivity contribution in [1.29, 1.82) is 0 Å². The number of sulfonamides is 1. The molecule has 0 aliphatic heterocycles. The Bertz CT molecular complexity index is 792. The fraction of sp³-hybridized carbons (Fsp3) is 0. The molecule has 0 saturated carbocycles. The van der Waals surface area contributed by atoms with Crippen LogP contribution >= 0.6 is 23.2 Å². The number of hydrazone groups is 1. The van der Waals surface area contributed by atoms with E-state index in [-0.39, 0.29) is 20.7 Å². The first-order valence-corrected chi connectivity index (χ1v) is 7.91. The zero-order chi connectivity index (χ0) is 15.5. The molecule has 0 unspecified atom stereocenters. The number of nitrogens with one attached hydrogen (secondary N) is 1. The molecular formula is C13H10Cl2N2O3S. The number of aromatic hydroxyl groups is 1. The molecule has 0 fully saturated rings. The average molecular weight is 345 g/mol. The van der Waals surface area contributed by atoms with Crippen LogP contribution in [0.4, 0.5) is 0 Å². The fourth-order valence-corrected chi connectivity index (χ4v) is 2.65. The van der Waals surface area contributed by atoms with Gasteiger partial charge in [0.1, 0.15) is 5.75 Å². The molecule has 2 rings (SSSR count). The van der Waals surface area contributed by atoms with E-state index in [0.29, 0.717) is 5.56 Å². The number of nitrogens with zero attached hydrogens (tertiary/aromatic N) is 1. The van der Waals surface area contributed by atoms with E-state index in [0.717, 1.165) is 0 Å². The summed E-state index contributed by atoms with van der Waals surface area (Å²) >= 11 is 11.5. The van der Waals surface area contributed by atoms with Gasteiger partial charge in [0, 0.05) is 0 Å². The predicted molar refractivity (Wildman–Crippen MR) is 82.5 cm³/mol. The van der Waals surface area contributed by atoms with E-state index in [2.05, 4.69) is 5.10 Å². The van der Waals surface area contributed by atoms with E-state index >= 15 is 0 Å². The van der Waals surface area contributed by atoms with Crippen molar-refractivity contribution in [2.24, 2.45) is 5.10 Å². The first-order chi connectivity index (χ1) is 9.88. The summed E-state index contributed by atoms with van der Waals surface area (Å²) in [5, 5.41) is 13.3. The number of phenols is 1. The summed E-state index contributed by atoms with van der Waals surface area (Å²) in [5.74, 6) is 0.0614. The molecule has 0 bridgehead atoms. The van der Waals surface area contributed by atoms with Gasteiger partial charge < -0.3 is 5.11 Å². The minimum absolute atomic E-state index is 0.0510. The summed E-state index contributed by atoms with van der Waals surface area (Å²) in [7, 11) is -3.83. The predicted octanol–water partition coefficient (Wildman–Crippen LogP) is 3.01. The van der Waals surface area contributed by atoms with Gasteiger partial charge in [-0.3, -0.25) is 0 Å². The topological polar surface area (TPSA) is 78.8 Å². The summed E-state index contributed by atoms with van der Waals surface area (Å²) in [6.07, 6.45) is 1.27. The standard InChI is InChI=1S/C13H10Cl2N2O3S/c14-12-5-4-11(7-13(12)15)21(19,20)17-16-8-9-2-1-3-10(18)6-9/h1-8,17-18H/b16-8+. The molecule has 0 heterocycles. The van der Waals surface area contributed by atoms with Crippen LogP contribution in [0.25, 0.3) is 0 Å². The van der Waals surface area contributed by atoms with Gasteiger partial charge in [0.25, 0.3) is 10.0 Å². The Morgan fingerprint density at radius 2 is 1.86 bits per heavy atom. The maximum Gasteiger partial charge on any atom is 0.276 e. The van der Waals surface area contributed by atoms with Crippen molar-refractivity contribution in [2.45, 2.75) is 4.90 Å². The lowest BCUT2D eigenvalue weighted by Crippen LogP contribution is -2.18. The lowest BCUT2D eigenvalue weighted by molar-refractivity contribution is 0.475. The van der Waals surface area contributed by atoms with Crippen LogP contribution in [0.5, 0.6) is 5.75 Å². The average Bonchev–Trinajstić information content (AvgIpc) is 2.41. The van der Waals surface area contributed by atoms with E-state index in [1.807, 2.05) is 4.83 Å². The number of rotatable bonds is 4. The molecule has 0 aromatic heterocycles. The zero-order valence-corrected chi connectivity index (χ0v) is 12.8. The van der Waals surface area contributed by atoms with Gasteiger partial charge in [-0.15, -0.1) is 0 Å². The number of benzene rings is 2. The summed E-state index contributed by atoms with van der Waals surface area (Å²) in [5.41, 5.74) is 0.548. The van der Waals surface area contributed by atoms with Gasteiger partial charge in [-0.1, -0.05) is 35.3 Å². The molecule has 0 amide bonds. The maximum absolute atomic E-state index is 12.0. The van der Waals surface area contributed by atoms with Crippen molar-refractivity contribution >= 4 is 39.4 Å². The number of halogens is 2. The summed E-state index contributed by atoms with van der Waals surface area (Å²) in [6, 6.07) is 10.2. The Labute approximate surface area is 131 Å². The molecule has 0 atom stereocenters. The van der Waals surface area contributed by atoms with Gasteiger partial charge in [-0.25, -0.2) is 4.83 Å². The Morgan fingerprint density at radius 3 is 2.52 bits per heavy atom. The largest absolute Gasteiger partial charge is 0.508 e. The van der Waals surface area contributed by atoms with Crippen LogP contribution in [0.1, 0.15) is 5.56 Å². The normalized spacial score (nSPS) is 11.7. The first-order valence-electron chi connectivity index (χ1n) is 5.67. The monoisotopic (exact) mass is 344 g/mol. The van der Waals surface area contributed by atoms with Gasteiger partial charge in [0.05, 0.1) is 21.2 Å². The molecule has 21 heavy (non-hydrogen) atoms. The van der Waals surface area contributed by atoms with Crippen LogP contribution in [0.3, 0.4) is 0 Å². The van der Waals surface area contributed by atoms with Crippen LogP contribution in [-0.2, 0) is 10.0 Å². The molecule has 0 saturated heterocycles. The van der Waals surface area contributed by atoms with Crippen molar-refractivity contribution in [2.75, 3.05) is 0 Å². The quantitative estimate of drug-likeness (QED) is 0.660. The van der Waals surface area contributed by atoms with E-state index in [4.69, 9.17) is 23.2 Å². The van der Waals surface area contributed by atoms with Crippen molar-refractivity contribution in [3.63, 3.8) is 0 Å². The molecule has 2 aromatic carbocycles. The summed E-state index contributed by atoms with van der Waals surface area (Å²) in [6.45, 7) is 0. The Balaban J connectivity index is 2.16. The van der Waals surface area contributed by atoms with Gasteiger partial charge in [0.2, 0.25) is 0 Å². The van der Waals surface area contributed by atoms with E-state index in [1.165, 1.54) is 36.5 Å². The van der Waals surface area contributed by atoms with Crippen LogP contribution in [0.15, 0.2) is 52.5 Å². The van der Waals surface area contributed by atoms with Gasteiger partial charge in [0.15, 0.2) is 0 Å². The highest BCUT2D eigenvalue weighted by atomic mass is 35.5. The van der Waals surface area contributed by atoms with E-state index in [9.17, 15) is 13.5 Å². The Hall–Kier alpha value is -1.76. The van der Waals surface area contributed by atoms with Crippen LogP contribution in [0.2, 0.25) is 10.0 Å². The van der Waals surface area contributed by atoms with Crippen molar-refractivity contribution in [1.82, 2.24) is 4.83 Å². The van der Waals surface area contributed by atoms with Crippen LogP contribution < -0.4 is 4.83 Å². The highest BCUT2D eigenvalue weighted by Crippen LogP contribution is 2.24. The molecule has 8 heteroatoms. The molecule has 110 valence electrons. The SMILES string of the molecule is O=S(=O)(N/N=C/c1cccc(O)c1)c1ccc(Cl)c(Cl)c1. The minimum atomic E-state index is -3.83. The second-order valence-corrected chi connectivity index (χ2v) is 6.50. The van der Waals surface area contributed by atoms with Gasteiger partial charge in [-0.05, 0) is 35.9 Å². The number of hydrogen-bond donors (Lipinski definition) is 2. The molecule has 2 N–H and O–H groups in total. The van der Waals surface area contributed by atoms with Crippen molar-refractivity contribution in [3.8, 4) is 5.75 Å². The highest BCUT2D eigenvalue weighted by molar-refractivity contribution is 7.89. The first kappa shape index (κ1) is 15.6. The molecule has 2 aromatic rings. The van der Waals surface area contributed by atoms with E-state index < -0.39 is 10.0 Å². The van der Waals surface area contributed by atoms with Gasteiger partial charge in [-0.2, -0.15) is 13.5 Å². The molecule has 0 aliphatic carbocycles. The number of hydrogen-bond acceptors (Lipinski definition) is 4.